The molecule has 5 nitrogen and oxygen atoms in total. The number of rotatable bonds is 3. The Hall–Kier alpha value is -1.07. The smallest absolute Gasteiger partial charge is 0.150 e. The summed E-state index contributed by atoms with van der Waals surface area (Å²) in [6, 6.07) is 0. The summed E-state index contributed by atoms with van der Waals surface area (Å²) >= 11 is 6.06. The van der Waals surface area contributed by atoms with E-state index in [9.17, 15) is 0 Å². The van der Waals surface area contributed by atoms with Crippen molar-refractivity contribution in [3.8, 4) is 0 Å². The molecular weight excluding hydrogens is 250 g/mol. The van der Waals surface area contributed by atoms with Crippen LogP contribution in [0.1, 0.15) is 19.8 Å². The zero-order valence-electron chi connectivity index (χ0n) is 10.9. The van der Waals surface area contributed by atoms with Crippen molar-refractivity contribution >= 4 is 23.2 Å². The zero-order valence-corrected chi connectivity index (χ0v) is 11.7. The van der Waals surface area contributed by atoms with Crippen molar-refractivity contribution in [2.24, 2.45) is 5.41 Å². The first-order valence-electron chi connectivity index (χ1n) is 6.19. The lowest BCUT2D eigenvalue weighted by Gasteiger charge is -2.38. The average molecular weight is 270 g/mol. The van der Waals surface area contributed by atoms with Crippen molar-refractivity contribution in [3.63, 3.8) is 0 Å². The molecule has 0 atom stereocenters. The minimum absolute atomic E-state index is 0.287. The Balaban J connectivity index is 1.97. The van der Waals surface area contributed by atoms with Crippen LogP contribution in [0.4, 0.5) is 11.6 Å². The van der Waals surface area contributed by atoms with Gasteiger partial charge < -0.3 is 16.0 Å². The highest BCUT2D eigenvalue weighted by Gasteiger charge is 2.28. The number of nitrogens with one attached hydrogen (secondary N) is 1. The van der Waals surface area contributed by atoms with Gasteiger partial charge in [0, 0.05) is 6.54 Å². The van der Waals surface area contributed by atoms with Crippen molar-refractivity contribution < 1.29 is 0 Å². The van der Waals surface area contributed by atoms with E-state index in [1.54, 1.807) is 0 Å². The summed E-state index contributed by atoms with van der Waals surface area (Å²) in [7, 11) is 2.16. The molecule has 0 unspecified atom stereocenters. The maximum atomic E-state index is 6.06. The summed E-state index contributed by atoms with van der Waals surface area (Å²) < 4.78 is 0. The lowest BCUT2D eigenvalue weighted by molar-refractivity contribution is 0.150. The molecule has 0 bridgehead atoms. The van der Waals surface area contributed by atoms with Gasteiger partial charge in [0.05, 0.1) is 0 Å². The van der Waals surface area contributed by atoms with Gasteiger partial charge in [-0.3, -0.25) is 0 Å². The summed E-state index contributed by atoms with van der Waals surface area (Å²) in [6.07, 6.45) is 3.78. The van der Waals surface area contributed by atoms with Crippen LogP contribution in [-0.2, 0) is 0 Å². The first kappa shape index (κ1) is 13.4. The molecule has 1 fully saturated rings. The van der Waals surface area contributed by atoms with E-state index >= 15 is 0 Å². The molecule has 6 heteroatoms. The number of hydrogen-bond donors (Lipinski definition) is 2. The molecular formula is C12H20ClN5. The molecule has 100 valence electrons. The largest absolute Gasteiger partial charge is 0.382 e. The van der Waals surface area contributed by atoms with Gasteiger partial charge in [0.1, 0.15) is 23.0 Å². The van der Waals surface area contributed by atoms with Crippen molar-refractivity contribution in [1.29, 1.82) is 0 Å². The van der Waals surface area contributed by atoms with Gasteiger partial charge in [-0.15, -0.1) is 0 Å². The first-order valence-corrected chi connectivity index (χ1v) is 6.56. The maximum Gasteiger partial charge on any atom is 0.150 e. The number of nitrogens with zero attached hydrogens (tertiary/aromatic N) is 3. The third-order valence-electron chi connectivity index (χ3n) is 3.69. The van der Waals surface area contributed by atoms with Crippen LogP contribution >= 0.6 is 11.6 Å². The minimum atomic E-state index is 0.287. The van der Waals surface area contributed by atoms with Gasteiger partial charge in [-0.1, -0.05) is 18.5 Å². The number of nitrogen functional groups attached to an aromatic ring is 1. The Morgan fingerprint density at radius 1 is 1.44 bits per heavy atom. The van der Waals surface area contributed by atoms with Crippen LogP contribution in [0.5, 0.6) is 0 Å². The highest BCUT2D eigenvalue weighted by molar-refractivity contribution is 6.35. The van der Waals surface area contributed by atoms with Crippen molar-refractivity contribution in [3.05, 3.63) is 11.3 Å². The molecule has 2 rings (SSSR count). The van der Waals surface area contributed by atoms with Crippen molar-refractivity contribution in [1.82, 2.24) is 14.9 Å². The highest BCUT2D eigenvalue weighted by Crippen LogP contribution is 2.31. The fourth-order valence-electron chi connectivity index (χ4n) is 2.14. The molecule has 1 aliphatic heterocycles. The van der Waals surface area contributed by atoms with Crippen LogP contribution in [-0.4, -0.2) is 41.5 Å². The number of likely N-dealkylation sites (tertiary alicyclic amines) is 1. The maximum absolute atomic E-state index is 6.06. The van der Waals surface area contributed by atoms with Crippen LogP contribution in [0.25, 0.3) is 0 Å². The molecule has 0 radical (unpaired) electrons. The van der Waals surface area contributed by atoms with Crippen molar-refractivity contribution in [2.75, 3.05) is 37.7 Å². The van der Waals surface area contributed by atoms with E-state index in [0.29, 0.717) is 16.7 Å². The predicted octanol–water partition coefficient (Wildman–Crippen LogP) is 1.86. The van der Waals surface area contributed by atoms with Crippen LogP contribution in [0, 0.1) is 5.41 Å². The SMILES string of the molecule is CN1CCC(C)(CNc2ncnc(N)c2Cl)CC1. The molecule has 1 aromatic rings. The zero-order chi connectivity index (χ0) is 13.2. The molecule has 3 N–H and O–H groups in total. The molecule has 2 heterocycles. The fraction of sp³-hybridized carbons (Fsp3) is 0.667. The Morgan fingerprint density at radius 2 is 2.11 bits per heavy atom. The number of anilines is 2. The Kier molecular flexibility index (Phi) is 3.92. The quantitative estimate of drug-likeness (QED) is 0.877. The second kappa shape index (κ2) is 5.28. The lowest BCUT2D eigenvalue weighted by Crippen LogP contribution is -2.40. The predicted molar refractivity (Wildman–Crippen MR) is 74.8 cm³/mol. The van der Waals surface area contributed by atoms with Crippen LogP contribution in [0.3, 0.4) is 0 Å². The van der Waals surface area contributed by atoms with E-state index < -0.39 is 0 Å². The van der Waals surface area contributed by atoms with E-state index in [1.165, 1.54) is 19.2 Å². The van der Waals surface area contributed by atoms with Crippen LogP contribution in [0.15, 0.2) is 6.33 Å². The first-order chi connectivity index (χ1) is 8.50. The topological polar surface area (TPSA) is 67.1 Å². The monoisotopic (exact) mass is 269 g/mol. The second-order valence-corrected chi connectivity index (χ2v) is 5.77. The van der Waals surface area contributed by atoms with E-state index in [2.05, 4.69) is 34.2 Å². The molecule has 0 saturated carbocycles. The van der Waals surface area contributed by atoms with Gasteiger partial charge in [-0.2, -0.15) is 0 Å². The molecule has 1 saturated heterocycles. The van der Waals surface area contributed by atoms with Gasteiger partial charge >= 0.3 is 0 Å². The van der Waals surface area contributed by atoms with E-state index in [4.69, 9.17) is 17.3 Å². The average Bonchev–Trinajstić information content (AvgIpc) is 2.35. The summed E-state index contributed by atoms with van der Waals surface area (Å²) in [6.45, 7) is 5.43. The normalized spacial score (nSPS) is 19.7. The summed E-state index contributed by atoms with van der Waals surface area (Å²) in [5.74, 6) is 0.951. The Labute approximate surface area is 113 Å². The van der Waals surface area contributed by atoms with Gasteiger partial charge in [0.15, 0.2) is 0 Å². The Morgan fingerprint density at radius 3 is 2.78 bits per heavy atom. The molecule has 0 spiro atoms. The highest BCUT2D eigenvalue weighted by atomic mass is 35.5. The second-order valence-electron chi connectivity index (χ2n) is 5.39. The summed E-state index contributed by atoms with van der Waals surface area (Å²) in [5.41, 5.74) is 5.94. The van der Waals surface area contributed by atoms with E-state index in [-0.39, 0.29) is 5.41 Å². The van der Waals surface area contributed by atoms with Gasteiger partial charge in [0.25, 0.3) is 0 Å². The fourth-order valence-corrected chi connectivity index (χ4v) is 2.30. The van der Waals surface area contributed by atoms with Crippen LogP contribution in [0.2, 0.25) is 5.02 Å². The molecule has 1 aliphatic rings. The van der Waals surface area contributed by atoms with Gasteiger partial charge in [-0.05, 0) is 38.4 Å². The lowest BCUT2D eigenvalue weighted by atomic mass is 9.80. The number of hydrogen-bond acceptors (Lipinski definition) is 5. The van der Waals surface area contributed by atoms with Crippen molar-refractivity contribution in [2.45, 2.75) is 19.8 Å². The summed E-state index contributed by atoms with van der Waals surface area (Å²) in [4.78, 5) is 10.3. The van der Waals surface area contributed by atoms with Gasteiger partial charge in [-0.25, -0.2) is 9.97 Å². The molecule has 0 amide bonds. The number of halogens is 1. The minimum Gasteiger partial charge on any atom is -0.382 e. The number of nitrogens with two attached hydrogens (primary N) is 1. The molecule has 1 aromatic heterocycles. The number of aromatic nitrogens is 2. The summed E-state index contributed by atoms with van der Waals surface area (Å²) in [5, 5.41) is 3.71. The Bertz CT molecular complexity index is 415. The molecule has 0 aliphatic carbocycles. The standard InChI is InChI=1S/C12H20ClN5/c1-12(3-5-18(2)6-4-12)7-15-11-9(13)10(14)16-8-17-11/h8H,3-7H2,1-2H3,(H3,14,15,16,17). The third kappa shape index (κ3) is 3.03. The van der Waals surface area contributed by atoms with Gasteiger partial charge in [0.2, 0.25) is 0 Å². The third-order valence-corrected chi connectivity index (χ3v) is 4.07. The van der Waals surface area contributed by atoms with E-state index in [1.807, 2.05) is 0 Å². The number of piperidine rings is 1. The molecule has 0 aromatic carbocycles. The van der Waals surface area contributed by atoms with Crippen LogP contribution < -0.4 is 11.1 Å². The molecule has 18 heavy (non-hydrogen) atoms. The van der Waals surface area contributed by atoms with E-state index in [0.717, 1.165) is 19.6 Å².